The van der Waals surface area contributed by atoms with Crippen LogP contribution in [-0.4, -0.2) is 73.5 Å². The van der Waals surface area contributed by atoms with Crippen LogP contribution in [0.15, 0.2) is 0 Å². The van der Waals surface area contributed by atoms with Crippen molar-refractivity contribution >= 4 is 47.5 Å². The van der Waals surface area contributed by atoms with Crippen molar-refractivity contribution in [2.45, 2.75) is 18.4 Å². The SMILES string of the molecule is O=C(O)CC(O)(CC(=O)O)C(=O)O.[Cu].[NaH]. The fourth-order valence-electron chi connectivity index (χ4n) is 0.714. The van der Waals surface area contributed by atoms with Gasteiger partial charge in [0.1, 0.15) is 0 Å². The summed E-state index contributed by atoms with van der Waals surface area (Å²) in [4.78, 5) is 30.5. The summed E-state index contributed by atoms with van der Waals surface area (Å²) in [6.45, 7) is 0. The summed E-state index contributed by atoms with van der Waals surface area (Å²) in [5.41, 5.74) is -2.74. The Labute approximate surface area is 117 Å². The quantitative estimate of drug-likeness (QED) is 0.432. The summed E-state index contributed by atoms with van der Waals surface area (Å²) in [5, 5.41) is 33.8. The van der Waals surface area contributed by atoms with E-state index in [0.717, 1.165) is 0 Å². The zero-order chi connectivity index (χ0) is 10.6. The third kappa shape index (κ3) is 7.78. The van der Waals surface area contributed by atoms with Crippen LogP contribution in [0.2, 0.25) is 0 Å². The standard InChI is InChI=1S/C6H8O7.Cu.Na.H/c7-3(8)1-6(13,5(11)12)2-4(9)10;;;/h13H,1-2H2,(H,7,8)(H,9,10)(H,11,12);;;. The second-order valence-corrected chi connectivity index (χ2v) is 2.48. The molecule has 0 aliphatic carbocycles. The Hall–Kier alpha value is -0.111. The van der Waals surface area contributed by atoms with Crippen molar-refractivity contribution in [1.82, 2.24) is 0 Å². The molecule has 0 amide bonds. The molecule has 0 rings (SSSR count). The second-order valence-electron chi connectivity index (χ2n) is 2.48. The van der Waals surface area contributed by atoms with Crippen LogP contribution < -0.4 is 0 Å². The maximum absolute atomic E-state index is 10.3. The monoisotopic (exact) mass is 279 g/mol. The molecule has 7 nitrogen and oxygen atoms in total. The molecule has 0 aliphatic rings. The minimum absolute atomic E-state index is 0. The van der Waals surface area contributed by atoms with Gasteiger partial charge in [-0.25, -0.2) is 4.79 Å². The van der Waals surface area contributed by atoms with E-state index in [-0.39, 0.29) is 46.6 Å². The molecule has 0 heterocycles. The average Bonchev–Trinajstić information content (AvgIpc) is 1.82. The first-order valence-corrected chi connectivity index (χ1v) is 3.17. The van der Waals surface area contributed by atoms with E-state index in [0.29, 0.717) is 0 Å². The molecule has 0 atom stereocenters. The van der Waals surface area contributed by atoms with E-state index < -0.39 is 36.4 Å². The number of hydrogen-bond acceptors (Lipinski definition) is 4. The van der Waals surface area contributed by atoms with Crippen molar-refractivity contribution in [3.63, 3.8) is 0 Å². The molecule has 0 saturated carbocycles. The molecule has 9 heteroatoms. The molecule has 0 aromatic heterocycles. The van der Waals surface area contributed by atoms with Gasteiger partial charge < -0.3 is 20.4 Å². The fraction of sp³-hybridized carbons (Fsp3) is 0.500. The van der Waals surface area contributed by atoms with Gasteiger partial charge >= 0.3 is 47.5 Å². The number of carbonyl (C=O) groups is 3. The van der Waals surface area contributed by atoms with E-state index in [1.54, 1.807) is 0 Å². The molecule has 1 radical (unpaired) electrons. The van der Waals surface area contributed by atoms with Crippen LogP contribution in [0.1, 0.15) is 12.8 Å². The minimum atomic E-state index is -2.74. The average molecular weight is 280 g/mol. The molecule has 4 N–H and O–H groups in total. The van der Waals surface area contributed by atoms with Gasteiger partial charge in [0.25, 0.3) is 0 Å². The normalized spacial score (nSPS) is 9.40. The first-order chi connectivity index (χ1) is 5.78. The van der Waals surface area contributed by atoms with Gasteiger partial charge in [0.05, 0.1) is 12.8 Å². The second kappa shape index (κ2) is 8.09. The summed E-state index contributed by atoms with van der Waals surface area (Å²) in [6.07, 6.45) is -2.29. The molecular formula is C6H9CuNaO7. The molecule has 0 unspecified atom stereocenters. The summed E-state index contributed by atoms with van der Waals surface area (Å²) in [5.74, 6) is -5.02. The number of hydrogen-bond donors (Lipinski definition) is 4. The Morgan fingerprint density at radius 2 is 1.20 bits per heavy atom. The Morgan fingerprint density at radius 1 is 0.933 bits per heavy atom. The van der Waals surface area contributed by atoms with Crippen LogP contribution in [-0.2, 0) is 31.5 Å². The first kappa shape index (κ1) is 20.3. The summed E-state index contributed by atoms with van der Waals surface area (Å²) >= 11 is 0. The summed E-state index contributed by atoms with van der Waals surface area (Å²) in [6, 6.07) is 0. The van der Waals surface area contributed by atoms with Crippen LogP contribution in [0, 0.1) is 0 Å². The van der Waals surface area contributed by atoms with E-state index in [4.69, 9.17) is 20.4 Å². The molecule has 0 aromatic carbocycles. The molecule has 0 bridgehead atoms. The van der Waals surface area contributed by atoms with Gasteiger partial charge in [-0.15, -0.1) is 0 Å². The van der Waals surface area contributed by atoms with Crippen LogP contribution in [0.5, 0.6) is 0 Å². The number of aliphatic carboxylic acids is 3. The van der Waals surface area contributed by atoms with Crippen molar-refractivity contribution in [2.75, 3.05) is 0 Å². The topological polar surface area (TPSA) is 132 Å². The molecule has 0 spiro atoms. The predicted octanol–water partition coefficient (Wildman–Crippen LogP) is -1.90. The molecule has 0 aromatic rings. The predicted molar refractivity (Wildman–Crippen MR) is 44.2 cm³/mol. The van der Waals surface area contributed by atoms with Gasteiger partial charge in [0, 0.05) is 17.1 Å². The van der Waals surface area contributed by atoms with E-state index in [1.165, 1.54) is 0 Å². The van der Waals surface area contributed by atoms with Crippen molar-refractivity contribution in [2.24, 2.45) is 0 Å². The number of aliphatic hydroxyl groups is 1. The van der Waals surface area contributed by atoms with E-state index in [1.807, 2.05) is 0 Å². The third-order valence-electron chi connectivity index (χ3n) is 1.29. The van der Waals surface area contributed by atoms with Crippen molar-refractivity contribution in [1.29, 1.82) is 0 Å². The maximum atomic E-state index is 10.3. The summed E-state index contributed by atoms with van der Waals surface area (Å²) < 4.78 is 0. The molecule has 0 saturated heterocycles. The van der Waals surface area contributed by atoms with Gasteiger partial charge in [-0.2, -0.15) is 0 Å². The van der Waals surface area contributed by atoms with Gasteiger partial charge in [-0.1, -0.05) is 0 Å². The number of carboxylic acids is 3. The molecule has 15 heavy (non-hydrogen) atoms. The Kier molecular flexibility index (Phi) is 11.0. The van der Waals surface area contributed by atoms with Crippen LogP contribution in [0.3, 0.4) is 0 Å². The first-order valence-electron chi connectivity index (χ1n) is 3.17. The van der Waals surface area contributed by atoms with E-state index >= 15 is 0 Å². The molecule has 0 fully saturated rings. The van der Waals surface area contributed by atoms with Crippen LogP contribution >= 0.6 is 0 Å². The Bertz CT molecular complexity index is 238. The van der Waals surface area contributed by atoms with Gasteiger partial charge in [0.2, 0.25) is 0 Å². The van der Waals surface area contributed by atoms with Crippen LogP contribution in [0.4, 0.5) is 0 Å². The number of carboxylic acid groups (broad SMARTS) is 3. The third-order valence-corrected chi connectivity index (χ3v) is 1.29. The number of rotatable bonds is 5. The van der Waals surface area contributed by atoms with Gasteiger partial charge in [-0.05, 0) is 0 Å². The molecular weight excluding hydrogens is 271 g/mol. The van der Waals surface area contributed by atoms with Crippen molar-refractivity contribution < 1.29 is 51.9 Å². The van der Waals surface area contributed by atoms with E-state index in [9.17, 15) is 14.4 Å². The van der Waals surface area contributed by atoms with Gasteiger partial charge in [0.15, 0.2) is 5.60 Å². The zero-order valence-corrected chi connectivity index (χ0v) is 7.67. The van der Waals surface area contributed by atoms with Crippen molar-refractivity contribution in [3.8, 4) is 0 Å². The Balaban J connectivity index is -0.000000720. The molecule has 0 aliphatic heterocycles. The summed E-state index contributed by atoms with van der Waals surface area (Å²) in [7, 11) is 0. The Morgan fingerprint density at radius 3 is 1.33 bits per heavy atom. The van der Waals surface area contributed by atoms with Gasteiger partial charge in [-0.3, -0.25) is 9.59 Å². The molecule has 87 valence electrons. The van der Waals surface area contributed by atoms with E-state index in [2.05, 4.69) is 0 Å². The zero-order valence-electron chi connectivity index (χ0n) is 6.73. The van der Waals surface area contributed by atoms with Crippen LogP contribution in [0.25, 0.3) is 0 Å². The fourth-order valence-corrected chi connectivity index (χ4v) is 0.714. The van der Waals surface area contributed by atoms with Crippen molar-refractivity contribution in [3.05, 3.63) is 0 Å².